The van der Waals surface area contributed by atoms with Gasteiger partial charge in [-0.15, -0.1) is 0 Å². The number of rotatable bonds is 8. The minimum absolute atomic E-state index is 0.343. The van der Waals surface area contributed by atoms with Crippen LogP contribution in [-0.2, 0) is 0 Å². The number of thioether (sulfide) groups is 1. The van der Waals surface area contributed by atoms with Crippen LogP contribution in [0, 0.1) is 0 Å². The van der Waals surface area contributed by atoms with Crippen LogP contribution in [0.3, 0.4) is 0 Å². The number of unbranched alkanes of at least 4 members (excludes halogenated alkanes) is 1. The molecule has 1 aliphatic heterocycles. The molecule has 1 aliphatic rings. The molecular weight excluding hydrogens is 258 g/mol. The fraction of sp³-hybridized carbons (Fsp3) is 0.600. The molecule has 1 unspecified atom stereocenters. The molecule has 1 aromatic rings. The van der Waals surface area contributed by atoms with Crippen molar-refractivity contribution in [3.63, 3.8) is 0 Å². The number of hydrogen-bond acceptors (Lipinski definition) is 4. The summed E-state index contributed by atoms with van der Waals surface area (Å²) in [5, 5.41) is 3.55. The standard InChI is InChI=1S/C15H23NO2S/c1-3-5-8-19-10-13(16-4-2)12-6-7-14-15(9-12)18-11-17-14/h6-7,9,13,16H,3-5,8,10-11H2,1-2H3. The third-order valence-corrected chi connectivity index (χ3v) is 4.32. The molecule has 0 spiro atoms. The molecule has 1 aromatic carbocycles. The second kappa shape index (κ2) is 7.65. The first-order chi connectivity index (χ1) is 9.35. The van der Waals surface area contributed by atoms with Crippen molar-refractivity contribution < 1.29 is 9.47 Å². The van der Waals surface area contributed by atoms with Crippen LogP contribution < -0.4 is 14.8 Å². The second-order valence-electron chi connectivity index (χ2n) is 4.65. The third kappa shape index (κ3) is 4.05. The molecule has 0 saturated carbocycles. The van der Waals surface area contributed by atoms with Gasteiger partial charge in [0.15, 0.2) is 11.5 Å². The van der Waals surface area contributed by atoms with Gasteiger partial charge in [-0.3, -0.25) is 0 Å². The highest BCUT2D eigenvalue weighted by Gasteiger charge is 2.17. The molecule has 0 amide bonds. The maximum Gasteiger partial charge on any atom is 0.231 e. The van der Waals surface area contributed by atoms with Crippen LogP contribution in [0.5, 0.6) is 11.5 Å². The average Bonchev–Trinajstić information content (AvgIpc) is 2.89. The van der Waals surface area contributed by atoms with Gasteiger partial charge in [0, 0.05) is 11.8 Å². The van der Waals surface area contributed by atoms with E-state index in [1.54, 1.807) is 0 Å². The molecule has 1 heterocycles. The summed E-state index contributed by atoms with van der Waals surface area (Å²) < 4.78 is 10.8. The predicted octanol–water partition coefficient (Wildman–Crippen LogP) is 3.60. The Labute approximate surface area is 120 Å². The molecule has 4 heteroatoms. The highest BCUT2D eigenvalue weighted by atomic mass is 32.2. The van der Waals surface area contributed by atoms with Gasteiger partial charge in [-0.05, 0) is 36.4 Å². The summed E-state index contributed by atoms with van der Waals surface area (Å²) >= 11 is 2.02. The molecular formula is C15H23NO2S. The van der Waals surface area contributed by atoms with E-state index in [4.69, 9.17) is 9.47 Å². The molecule has 1 N–H and O–H groups in total. The second-order valence-corrected chi connectivity index (χ2v) is 5.80. The van der Waals surface area contributed by atoms with Crippen molar-refractivity contribution in [1.82, 2.24) is 5.32 Å². The topological polar surface area (TPSA) is 30.5 Å². The first-order valence-electron chi connectivity index (χ1n) is 7.05. The van der Waals surface area contributed by atoms with E-state index in [2.05, 4.69) is 31.3 Å². The van der Waals surface area contributed by atoms with Crippen molar-refractivity contribution >= 4 is 11.8 Å². The summed E-state index contributed by atoms with van der Waals surface area (Å²) in [6.07, 6.45) is 2.56. The number of hydrogen-bond donors (Lipinski definition) is 1. The van der Waals surface area contributed by atoms with Crippen LogP contribution in [0.1, 0.15) is 38.3 Å². The molecule has 0 aliphatic carbocycles. The molecule has 19 heavy (non-hydrogen) atoms. The molecule has 0 aromatic heterocycles. The van der Waals surface area contributed by atoms with E-state index in [0.29, 0.717) is 12.8 Å². The van der Waals surface area contributed by atoms with Gasteiger partial charge in [-0.25, -0.2) is 0 Å². The monoisotopic (exact) mass is 281 g/mol. The Morgan fingerprint density at radius 1 is 1.26 bits per heavy atom. The van der Waals surface area contributed by atoms with Crippen LogP contribution in [0.4, 0.5) is 0 Å². The van der Waals surface area contributed by atoms with Crippen molar-refractivity contribution in [1.29, 1.82) is 0 Å². The van der Waals surface area contributed by atoms with Crippen molar-refractivity contribution in [2.45, 2.75) is 32.7 Å². The normalized spacial score (nSPS) is 14.6. The summed E-state index contributed by atoms with van der Waals surface area (Å²) in [5.41, 5.74) is 1.29. The molecule has 1 atom stereocenters. The maximum atomic E-state index is 5.45. The average molecular weight is 281 g/mol. The van der Waals surface area contributed by atoms with Gasteiger partial charge < -0.3 is 14.8 Å². The van der Waals surface area contributed by atoms with E-state index in [1.807, 2.05) is 17.8 Å². The summed E-state index contributed by atoms with van der Waals surface area (Å²) in [7, 11) is 0. The molecule has 0 saturated heterocycles. The van der Waals surface area contributed by atoms with Crippen molar-refractivity contribution in [3.05, 3.63) is 23.8 Å². The lowest BCUT2D eigenvalue weighted by Gasteiger charge is -2.18. The Kier molecular flexibility index (Phi) is 5.86. The Hall–Kier alpha value is -0.870. The molecule has 0 fully saturated rings. The maximum absolute atomic E-state index is 5.45. The van der Waals surface area contributed by atoms with E-state index in [1.165, 1.54) is 24.2 Å². The molecule has 106 valence electrons. The number of ether oxygens (including phenoxy) is 2. The highest BCUT2D eigenvalue weighted by Crippen LogP contribution is 2.34. The number of benzene rings is 1. The van der Waals surface area contributed by atoms with Gasteiger partial charge in [0.1, 0.15) is 0 Å². The van der Waals surface area contributed by atoms with Crippen LogP contribution in [0.25, 0.3) is 0 Å². The van der Waals surface area contributed by atoms with E-state index >= 15 is 0 Å². The van der Waals surface area contributed by atoms with Crippen molar-refractivity contribution in [2.75, 3.05) is 24.8 Å². The van der Waals surface area contributed by atoms with E-state index in [-0.39, 0.29) is 0 Å². The molecule has 0 radical (unpaired) electrons. The quantitative estimate of drug-likeness (QED) is 0.738. The van der Waals surface area contributed by atoms with Crippen LogP contribution in [-0.4, -0.2) is 24.8 Å². The van der Waals surface area contributed by atoms with Crippen LogP contribution >= 0.6 is 11.8 Å². The highest BCUT2D eigenvalue weighted by molar-refractivity contribution is 7.99. The lowest BCUT2D eigenvalue weighted by atomic mass is 10.1. The largest absolute Gasteiger partial charge is 0.454 e. The fourth-order valence-corrected chi connectivity index (χ4v) is 3.30. The van der Waals surface area contributed by atoms with E-state index < -0.39 is 0 Å². The zero-order valence-electron chi connectivity index (χ0n) is 11.8. The Balaban J connectivity index is 1.97. The van der Waals surface area contributed by atoms with E-state index in [0.717, 1.165) is 23.8 Å². The Bertz CT molecular complexity index is 398. The van der Waals surface area contributed by atoms with Gasteiger partial charge in [-0.1, -0.05) is 26.3 Å². The lowest BCUT2D eigenvalue weighted by Crippen LogP contribution is -2.23. The van der Waals surface area contributed by atoms with Gasteiger partial charge in [0.25, 0.3) is 0 Å². The lowest BCUT2D eigenvalue weighted by molar-refractivity contribution is 0.174. The summed E-state index contributed by atoms with van der Waals surface area (Å²) in [4.78, 5) is 0. The zero-order chi connectivity index (χ0) is 13.5. The summed E-state index contributed by atoms with van der Waals surface area (Å²) in [5.74, 6) is 4.08. The first kappa shape index (κ1) is 14.5. The predicted molar refractivity (Wildman–Crippen MR) is 81.2 cm³/mol. The molecule has 3 nitrogen and oxygen atoms in total. The van der Waals surface area contributed by atoms with Gasteiger partial charge >= 0.3 is 0 Å². The summed E-state index contributed by atoms with van der Waals surface area (Å²) in [6.45, 7) is 5.71. The minimum atomic E-state index is 0.343. The minimum Gasteiger partial charge on any atom is -0.454 e. The van der Waals surface area contributed by atoms with Crippen molar-refractivity contribution in [2.24, 2.45) is 0 Å². The third-order valence-electron chi connectivity index (χ3n) is 3.18. The number of fused-ring (bicyclic) bond motifs is 1. The smallest absolute Gasteiger partial charge is 0.231 e. The number of nitrogens with one attached hydrogen (secondary N) is 1. The van der Waals surface area contributed by atoms with Crippen molar-refractivity contribution in [3.8, 4) is 11.5 Å². The Morgan fingerprint density at radius 3 is 2.89 bits per heavy atom. The Morgan fingerprint density at radius 2 is 2.11 bits per heavy atom. The van der Waals surface area contributed by atoms with Gasteiger partial charge in [0.05, 0.1) is 0 Å². The van der Waals surface area contributed by atoms with Crippen LogP contribution in [0.2, 0.25) is 0 Å². The zero-order valence-corrected chi connectivity index (χ0v) is 12.6. The molecule has 0 bridgehead atoms. The van der Waals surface area contributed by atoms with Gasteiger partial charge in [0.2, 0.25) is 6.79 Å². The summed E-state index contributed by atoms with van der Waals surface area (Å²) in [6, 6.07) is 6.65. The molecule has 2 rings (SSSR count). The van der Waals surface area contributed by atoms with E-state index in [9.17, 15) is 0 Å². The van der Waals surface area contributed by atoms with Crippen LogP contribution in [0.15, 0.2) is 18.2 Å². The fourth-order valence-electron chi connectivity index (χ4n) is 2.10. The SMILES string of the molecule is CCCCSCC(NCC)c1ccc2c(c1)OCO2. The first-order valence-corrected chi connectivity index (χ1v) is 8.21. The van der Waals surface area contributed by atoms with Gasteiger partial charge in [-0.2, -0.15) is 11.8 Å².